The van der Waals surface area contributed by atoms with Gasteiger partial charge in [0.25, 0.3) is 0 Å². The van der Waals surface area contributed by atoms with Crippen molar-refractivity contribution < 1.29 is 0 Å². The van der Waals surface area contributed by atoms with Crippen molar-refractivity contribution in [1.29, 1.82) is 0 Å². The first-order valence-electron chi connectivity index (χ1n) is 9.24. The smallest absolute Gasteiger partial charge is 0.197 e. The molecule has 0 aliphatic heterocycles. The molecular weight excluding hydrogens is 372 g/mol. The molecule has 1 aromatic carbocycles. The van der Waals surface area contributed by atoms with Crippen molar-refractivity contribution >= 4 is 39.0 Å². The third-order valence-electron chi connectivity index (χ3n) is 4.91. The lowest BCUT2D eigenvalue weighted by Gasteiger charge is -2.11. The van der Waals surface area contributed by atoms with Crippen molar-refractivity contribution in [2.24, 2.45) is 0 Å². The highest BCUT2D eigenvalue weighted by molar-refractivity contribution is 7.99. The fourth-order valence-electron chi connectivity index (χ4n) is 3.69. The van der Waals surface area contributed by atoms with Gasteiger partial charge in [0.2, 0.25) is 0 Å². The lowest BCUT2D eigenvalue weighted by atomic mass is 9.97. The fraction of sp³-hybridized carbons (Fsp3) is 0.286. The second-order valence-corrected chi connectivity index (χ2v) is 9.11. The van der Waals surface area contributed by atoms with E-state index in [2.05, 4.69) is 45.4 Å². The highest BCUT2D eigenvalue weighted by atomic mass is 32.2. The number of thioether (sulfide) groups is 1. The Balaban J connectivity index is 1.82. The Labute approximate surface area is 166 Å². The number of thiophene rings is 1. The van der Waals surface area contributed by atoms with E-state index < -0.39 is 0 Å². The molecule has 1 aliphatic rings. The van der Waals surface area contributed by atoms with Crippen LogP contribution in [-0.4, -0.2) is 25.3 Å². The average Bonchev–Trinajstić information content (AvgIpc) is 3.27. The lowest BCUT2D eigenvalue weighted by molar-refractivity contribution is 0.700. The first-order chi connectivity index (χ1) is 13.2. The van der Waals surface area contributed by atoms with E-state index in [1.54, 1.807) is 11.8 Å². The van der Waals surface area contributed by atoms with E-state index in [0.717, 1.165) is 51.2 Å². The topological polar surface area (TPSA) is 43.1 Å². The summed E-state index contributed by atoms with van der Waals surface area (Å²) in [6, 6.07) is 10.4. The third-order valence-corrected chi connectivity index (χ3v) is 7.25. The third kappa shape index (κ3) is 2.87. The zero-order valence-corrected chi connectivity index (χ0v) is 16.9. The van der Waals surface area contributed by atoms with Gasteiger partial charge in [-0.3, -0.25) is 4.40 Å². The molecule has 5 rings (SSSR count). The summed E-state index contributed by atoms with van der Waals surface area (Å²) >= 11 is 3.51. The fourth-order valence-corrected chi connectivity index (χ4v) is 5.72. The molecule has 0 bridgehead atoms. The van der Waals surface area contributed by atoms with Crippen LogP contribution >= 0.6 is 23.1 Å². The lowest BCUT2D eigenvalue weighted by Crippen LogP contribution is -2.01. The van der Waals surface area contributed by atoms with Gasteiger partial charge < -0.3 is 0 Å². The van der Waals surface area contributed by atoms with Crippen LogP contribution < -0.4 is 0 Å². The molecule has 136 valence electrons. The van der Waals surface area contributed by atoms with Crippen molar-refractivity contribution in [1.82, 2.24) is 19.6 Å². The van der Waals surface area contributed by atoms with Crippen molar-refractivity contribution in [3.05, 3.63) is 52.9 Å². The zero-order valence-electron chi connectivity index (χ0n) is 15.2. The number of hydrogen-bond donors (Lipinski definition) is 0. The summed E-state index contributed by atoms with van der Waals surface area (Å²) in [6.45, 7) is 6.06. The molecule has 6 heteroatoms. The summed E-state index contributed by atoms with van der Waals surface area (Å²) < 4.78 is 2.15. The Morgan fingerprint density at radius 3 is 2.81 bits per heavy atom. The van der Waals surface area contributed by atoms with Crippen LogP contribution in [0.3, 0.4) is 0 Å². The molecule has 3 aromatic heterocycles. The number of hydrogen-bond acceptors (Lipinski definition) is 5. The number of benzene rings is 1. The monoisotopic (exact) mass is 392 g/mol. The largest absolute Gasteiger partial charge is 0.253 e. The number of aromatic nitrogens is 4. The van der Waals surface area contributed by atoms with Crippen LogP contribution in [0.25, 0.3) is 27.3 Å². The molecule has 0 fully saturated rings. The number of nitrogens with zero attached hydrogens (tertiary/aromatic N) is 4. The molecule has 1 aliphatic carbocycles. The van der Waals surface area contributed by atoms with E-state index in [-0.39, 0.29) is 0 Å². The van der Waals surface area contributed by atoms with Gasteiger partial charge in [-0.1, -0.05) is 54.2 Å². The predicted octanol–water partition coefficient (Wildman–Crippen LogP) is 5.55. The molecular formula is C21H20N4S2. The zero-order chi connectivity index (χ0) is 18.4. The minimum atomic E-state index is 0.828. The molecule has 0 atom stereocenters. The van der Waals surface area contributed by atoms with Crippen molar-refractivity contribution in [2.45, 2.75) is 37.8 Å². The molecule has 0 N–H and O–H groups in total. The molecule has 0 spiro atoms. The van der Waals surface area contributed by atoms with Crippen LogP contribution in [0, 0.1) is 0 Å². The SMILES string of the molecule is C=C(C)CSc1nnc2c3c4c(sc3nc(-c3ccccc3)n12)CCCC4. The van der Waals surface area contributed by atoms with E-state index in [0.29, 0.717) is 0 Å². The first-order valence-corrected chi connectivity index (χ1v) is 11.0. The highest BCUT2D eigenvalue weighted by Gasteiger charge is 2.24. The summed E-state index contributed by atoms with van der Waals surface area (Å²) in [6.07, 6.45) is 4.80. The summed E-state index contributed by atoms with van der Waals surface area (Å²) in [5.74, 6) is 1.75. The summed E-state index contributed by atoms with van der Waals surface area (Å²) in [7, 11) is 0. The molecule has 27 heavy (non-hydrogen) atoms. The summed E-state index contributed by atoms with van der Waals surface area (Å²) in [4.78, 5) is 7.68. The van der Waals surface area contributed by atoms with E-state index in [4.69, 9.17) is 4.98 Å². The average molecular weight is 393 g/mol. The Morgan fingerprint density at radius 1 is 1.19 bits per heavy atom. The predicted molar refractivity (Wildman–Crippen MR) is 114 cm³/mol. The van der Waals surface area contributed by atoms with Gasteiger partial charge in [-0.25, -0.2) is 4.98 Å². The molecule has 0 radical (unpaired) electrons. The van der Waals surface area contributed by atoms with E-state index in [9.17, 15) is 0 Å². The van der Waals surface area contributed by atoms with Gasteiger partial charge in [-0.15, -0.1) is 21.5 Å². The van der Waals surface area contributed by atoms with Gasteiger partial charge >= 0.3 is 0 Å². The molecule has 0 saturated carbocycles. The van der Waals surface area contributed by atoms with Gasteiger partial charge in [-0.05, 0) is 38.2 Å². The Kier molecular flexibility index (Phi) is 4.25. The Morgan fingerprint density at radius 2 is 2.00 bits per heavy atom. The minimum Gasteiger partial charge on any atom is -0.253 e. The maximum Gasteiger partial charge on any atom is 0.197 e. The van der Waals surface area contributed by atoms with Crippen molar-refractivity contribution in [3.8, 4) is 11.4 Å². The molecule has 4 aromatic rings. The van der Waals surface area contributed by atoms with E-state index in [1.807, 2.05) is 24.3 Å². The Bertz CT molecular complexity index is 1160. The number of fused-ring (bicyclic) bond motifs is 5. The molecule has 0 unspecified atom stereocenters. The molecule has 3 heterocycles. The van der Waals surface area contributed by atoms with Gasteiger partial charge in [0.1, 0.15) is 10.7 Å². The van der Waals surface area contributed by atoms with Crippen LogP contribution in [0.15, 0.2) is 47.6 Å². The maximum absolute atomic E-state index is 5.10. The second-order valence-electron chi connectivity index (χ2n) is 7.08. The van der Waals surface area contributed by atoms with E-state index in [1.165, 1.54) is 28.7 Å². The van der Waals surface area contributed by atoms with Crippen LogP contribution in [0.4, 0.5) is 0 Å². The summed E-state index contributed by atoms with van der Waals surface area (Å²) in [5, 5.41) is 11.3. The summed E-state index contributed by atoms with van der Waals surface area (Å²) in [5.41, 5.74) is 4.61. The van der Waals surface area contributed by atoms with Crippen LogP contribution in [0.1, 0.15) is 30.2 Å². The van der Waals surface area contributed by atoms with Crippen molar-refractivity contribution in [3.63, 3.8) is 0 Å². The van der Waals surface area contributed by atoms with Gasteiger partial charge in [-0.2, -0.15) is 0 Å². The van der Waals surface area contributed by atoms with Crippen LogP contribution in [0.5, 0.6) is 0 Å². The van der Waals surface area contributed by atoms with Crippen LogP contribution in [-0.2, 0) is 12.8 Å². The van der Waals surface area contributed by atoms with Gasteiger partial charge in [0.15, 0.2) is 10.8 Å². The number of aryl methyl sites for hydroxylation is 2. The normalized spacial score (nSPS) is 14.0. The quantitative estimate of drug-likeness (QED) is 0.337. The van der Waals surface area contributed by atoms with Crippen LogP contribution in [0.2, 0.25) is 0 Å². The second kappa shape index (κ2) is 6.77. The minimum absolute atomic E-state index is 0.828. The molecule has 4 nitrogen and oxygen atoms in total. The van der Waals surface area contributed by atoms with E-state index >= 15 is 0 Å². The molecule has 0 saturated heterocycles. The van der Waals surface area contributed by atoms with Gasteiger partial charge in [0, 0.05) is 16.2 Å². The number of rotatable bonds is 4. The standard InChI is InChI=1S/C21H20N4S2/c1-13(2)12-26-21-24-23-19-17-15-10-6-7-11-16(15)27-20(17)22-18(25(19)21)14-8-4-3-5-9-14/h3-5,8-9H,1,6-7,10-12H2,2H3. The highest BCUT2D eigenvalue weighted by Crippen LogP contribution is 2.39. The van der Waals surface area contributed by atoms with Crippen molar-refractivity contribution in [2.75, 3.05) is 5.75 Å². The Hall–Kier alpha value is -2.18. The molecule has 0 amide bonds. The maximum atomic E-state index is 5.10. The first kappa shape index (κ1) is 17.0. The van der Waals surface area contributed by atoms with Gasteiger partial charge in [0.05, 0.1) is 5.39 Å².